The van der Waals surface area contributed by atoms with Crippen LogP contribution in [0.3, 0.4) is 0 Å². The van der Waals surface area contributed by atoms with Gasteiger partial charge in [-0.25, -0.2) is 4.79 Å². The number of fused-ring (bicyclic) bond motifs is 2. The minimum absolute atomic E-state index is 0.0661. The van der Waals surface area contributed by atoms with Crippen LogP contribution in [0.4, 0.5) is 16.3 Å². The van der Waals surface area contributed by atoms with Crippen LogP contribution in [0.2, 0.25) is 0 Å². The molecule has 1 fully saturated rings. The summed E-state index contributed by atoms with van der Waals surface area (Å²) in [5, 5.41) is 18.2. The third-order valence-corrected chi connectivity index (χ3v) is 8.13. The van der Waals surface area contributed by atoms with Crippen LogP contribution in [0.25, 0.3) is 11.1 Å². The summed E-state index contributed by atoms with van der Waals surface area (Å²) in [6, 6.07) is 8.87. The van der Waals surface area contributed by atoms with Crippen molar-refractivity contribution in [1.82, 2.24) is 25.0 Å². The van der Waals surface area contributed by atoms with Crippen molar-refractivity contribution in [2.75, 3.05) is 38.3 Å². The Labute approximate surface area is 223 Å². The average molecular weight is 512 g/mol. The Kier molecular flexibility index (Phi) is 6.50. The number of carbonyl (C=O) groups is 1. The topological polar surface area (TPSA) is 99.3 Å². The number of urea groups is 1. The molecule has 3 aliphatic heterocycles. The van der Waals surface area contributed by atoms with Crippen molar-refractivity contribution in [1.29, 1.82) is 5.26 Å². The zero-order chi connectivity index (χ0) is 26.2. The van der Waals surface area contributed by atoms with Crippen LogP contribution in [0.15, 0.2) is 30.6 Å². The van der Waals surface area contributed by atoms with E-state index in [1.807, 2.05) is 30.2 Å². The lowest BCUT2D eigenvalue weighted by Gasteiger charge is -2.33. The first kappa shape index (κ1) is 24.4. The van der Waals surface area contributed by atoms with Gasteiger partial charge in [0, 0.05) is 74.7 Å². The van der Waals surface area contributed by atoms with E-state index in [4.69, 9.17) is 9.84 Å². The largest absolute Gasteiger partial charge is 0.381 e. The Balaban J connectivity index is 1.46. The molecular formula is C29H33N7O2. The number of carbonyl (C=O) groups excluding carboxylic acids is 1. The van der Waals surface area contributed by atoms with E-state index in [1.165, 1.54) is 11.3 Å². The number of anilines is 2. The molecule has 38 heavy (non-hydrogen) atoms. The first-order valence-electron chi connectivity index (χ1n) is 13.5. The normalized spacial score (nSPS) is 17.5. The van der Waals surface area contributed by atoms with Crippen LogP contribution < -0.4 is 10.2 Å². The standard InChI is InChI=1S/C29H33N7O2/c1-19-17-32-9-5-23(19)24-14-20-4-3-10-35(27(20)15-21(24)16-30)28-25-18-34(29(37)31-2)11-6-26(25)36(33-28)22-7-12-38-13-8-22/h5,9,14-15,17,22H,3-4,6-8,10-13,18H2,1-2H3,(H,31,37). The molecule has 0 spiro atoms. The number of nitrogens with one attached hydrogen (secondary N) is 1. The second-order valence-corrected chi connectivity index (χ2v) is 10.3. The van der Waals surface area contributed by atoms with Crippen LogP contribution in [0.1, 0.15) is 53.3 Å². The van der Waals surface area contributed by atoms with E-state index >= 15 is 0 Å². The zero-order valence-corrected chi connectivity index (χ0v) is 22.0. The number of nitrogens with zero attached hydrogens (tertiary/aromatic N) is 6. The maximum Gasteiger partial charge on any atom is 0.317 e. The van der Waals surface area contributed by atoms with Crippen LogP contribution in [-0.4, -0.2) is 59.0 Å². The fraction of sp³-hybridized carbons (Fsp3) is 0.448. The van der Waals surface area contributed by atoms with Crippen LogP contribution in [-0.2, 0) is 24.1 Å². The lowest BCUT2D eigenvalue weighted by molar-refractivity contribution is 0.0651. The summed E-state index contributed by atoms with van der Waals surface area (Å²) in [4.78, 5) is 20.9. The molecule has 6 rings (SSSR count). The summed E-state index contributed by atoms with van der Waals surface area (Å²) >= 11 is 0. The van der Waals surface area contributed by atoms with Gasteiger partial charge < -0.3 is 19.9 Å². The van der Waals surface area contributed by atoms with Gasteiger partial charge >= 0.3 is 6.03 Å². The smallest absolute Gasteiger partial charge is 0.317 e. The fourth-order valence-corrected chi connectivity index (χ4v) is 6.15. The van der Waals surface area contributed by atoms with Crippen LogP contribution >= 0.6 is 0 Å². The molecule has 3 aliphatic rings. The molecule has 1 aromatic carbocycles. The number of pyridine rings is 1. The number of hydrogen-bond donors (Lipinski definition) is 1. The molecule has 0 atom stereocenters. The SMILES string of the molecule is CNC(=O)N1CCc2c(c(N3CCCc4cc(-c5ccncc5C)c(C#N)cc43)nn2C2CCOCC2)C1. The maximum absolute atomic E-state index is 12.6. The summed E-state index contributed by atoms with van der Waals surface area (Å²) in [5.74, 6) is 0.915. The van der Waals surface area contributed by atoms with Gasteiger partial charge in [0.15, 0.2) is 5.82 Å². The van der Waals surface area contributed by atoms with Gasteiger partial charge in [0.2, 0.25) is 0 Å². The van der Waals surface area contributed by atoms with Crippen molar-refractivity contribution < 1.29 is 9.53 Å². The Morgan fingerprint density at radius 1 is 1.18 bits per heavy atom. The lowest BCUT2D eigenvalue weighted by atomic mass is 9.91. The summed E-state index contributed by atoms with van der Waals surface area (Å²) in [6.45, 7) is 5.54. The molecule has 1 saturated heterocycles. The third kappa shape index (κ3) is 4.19. The van der Waals surface area contributed by atoms with Gasteiger partial charge in [-0.2, -0.15) is 10.4 Å². The van der Waals surface area contributed by atoms with E-state index in [1.54, 1.807) is 13.2 Å². The Morgan fingerprint density at radius 2 is 2.03 bits per heavy atom. The fourth-order valence-electron chi connectivity index (χ4n) is 6.15. The molecule has 9 nitrogen and oxygen atoms in total. The van der Waals surface area contributed by atoms with Crippen molar-refractivity contribution in [2.24, 2.45) is 0 Å². The molecule has 0 radical (unpaired) electrons. The van der Waals surface area contributed by atoms with Crippen LogP contribution in [0, 0.1) is 18.3 Å². The van der Waals surface area contributed by atoms with E-state index in [0.29, 0.717) is 24.7 Å². The van der Waals surface area contributed by atoms with E-state index in [9.17, 15) is 10.1 Å². The van der Waals surface area contributed by atoms with Crippen molar-refractivity contribution in [3.8, 4) is 17.2 Å². The van der Waals surface area contributed by atoms with Crippen LogP contribution in [0.5, 0.6) is 0 Å². The summed E-state index contributed by atoms with van der Waals surface area (Å²) in [5.41, 5.74) is 8.29. The molecule has 2 amide bonds. The molecule has 0 unspecified atom stereocenters. The van der Waals surface area contributed by atoms with Crippen molar-refractivity contribution in [3.63, 3.8) is 0 Å². The maximum atomic E-state index is 12.6. The minimum Gasteiger partial charge on any atom is -0.381 e. The molecule has 0 saturated carbocycles. The first-order valence-corrected chi connectivity index (χ1v) is 13.5. The van der Waals surface area contributed by atoms with Gasteiger partial charge in [0.1, 0.15) is 0 Å². The van der Waals surface area contributed by atoms with E-state index < -0.39 is 0 Å². The van der Waals surface area contributed by atoms with Gasteiger partial charge in [0.05, 0.1) is 24.2 Å². The predicted molar refractivity (Wildman–Crippen MR) is 144 cm³/mol. The highest BCUT2D eigenvalue weighted by atomic mass is 16.5. The quantitative estimate of drug-likeness (QED) is 0.564. The monoisotopic (exact) mass is 511 g/mol. The first-order chi connectivity index (χ1) is 18.6. The highest BCUT2D eigenvalue weighted by Gasteiger charge is 2.34. The van der Waals surface area contributed by atoms with Gasteiger partial charge in [-0.05, 0) is 67.5 Å². The van der Waals surface area contributed by atoms with E-state index in [2.05, 4.69) is 32.0 Å². The number of aromatic nitrogens is 3. The minimum atomic E-state index is -0.0661. The highest BCUT2D eigenvalue weighted by molar-refractivity contribution is 5.80. The molecule has 3 aromatic rings. The highest BCUT2D eigenvalue weighted by Crippen LogP contribution is 2.42. The summed E-state index contributed by atoms with van der Waals surface area (Å²) < 4.78 is 7.86. The third-order valence-electron chi connectivity index (χ3n) is 8.13. The molecule has 1 N–H and O–H groups in total. The molecule has 0 bridgehead atoms. The van der Waals surface area contributed by atoms with Crippen molar-refractivity contribution in [2.45, 2.75) is 51.6 Å². The van der Waals surface area contributed by atoms with Gasteiger partial charge in [-0.1, -0.05) is 0 Å². The lowest BCUT2D eigenvalue weighted by Crippen LogP contribution is -2.42. The molecule has 9 heteroatoms. The summed E-state index contributed by atoms with van der Waals surface area (Å²) in [6.07, 6.45) is 8.22. The number of benzene rings is 1. The molecule has 5 heterocycles. The number of ether oxygens (including phenoxy) is 1. The molecular weight excluding hydrogens is 478 g/mol. The molecule has 0 aliphatic carbocycles. The van der Waals surface area contributed by atoms with Crippen molar-refractivity contribution >= 4 is 17.5 Å². The second kappa shape index (κ2) is 10.1. The van der Waals surface area contributed by atoms with Gasteiger partial charge in [0.25, 0.3) is 0 Å². The van der Waals surface area contributed by atoms with E-state index in [0.717, 1.165) is 85.6 Å². The number of nitriles is 1. The average Bonchev–Trinajstić information content (AvgIpc) is 3.35. The number of rotatable bonds is 3. The van der Waals surface area contributed by atoms with Gasteiger partial charge in [-0.15, -0.1) is 0 Å². The Morgan fingerprint density at radius 3 is 2.79 bits per heavy atom. The van der Waals surface area contributed by atoms with Gasteiger partial charge in [-0.3, -0.25) is 9.67 Å². The van der Waals surface area contributed by atoms with E-state index in [-0.39, 0.29) is 6.03 Å². The Bertz CT molecular complexity index is 1420. The zero-order valence-electron chi connectivity index (χ0n) is 22.0. The second-order valence-electron chi connectivity index (χ2n) is 10.3. The number of hydrogen-bond acceptors (Lipinski definition) is 6. The molecule has 2 aromatic heterocycles. The molecule has 196 valence electrons. The number of amides is 2. The predicted octanol–water partition coefficient (Wildman–Crippen LogP) is 4.26. The summed E-state index contributed by atoms with van der Waals surface area (Å²) in [7, 11) is 1.68. The Hall–Kier alpha value is -3.90. The van der Waals surface area contributed by atoms with Crippen molar-refractivity contribution in [3.05, 3.63) is 58.5 Å². The number of aryl methyl sites for hydroxylation is 2.